The minimum atomic E-state index is 0.239. The normalized spacial score (nSPS) is 12.6. The molecule has 0 aliphatic rings. The number of carbonyl (C=O) groups excluding carboxylic acids is 1. The van der Waals surface area contributed by atoms with Crippen molar-refractivity contribution in [2.45, 2.75) is 45.6 Å². The zero-order valence-corrected chi connectivity index (χ0v) is 9.05. The first-order chi connectivity index (χ1) is 6.13. The molecule has 0 fully saturated rings. The Bertz CT molecular complexity index is 148. The van der Waals surface area contributed by atoms with Crippen molar-refractivity contribution >= 4 is 5.91 Å². The molecule has 0 spiro atoms. The molecule has 13 heavy (non-hydrogen) atoms. The summed E-state index contributed by atoms with van der Waals surface area (Å²) in [5.74, 6) is 0.239. The van der Waals surface area contributed by atoms with Crippen molar-refractivity contribution in [3.63, 3.8) is 0 Å². The lowest BCUT2D eigenvalue weighted by molar-refractivity contribution is -0.131. The van der Waals surface area contributed by atoms with Crippen LogP contribution in [0, 0.1) is 0 Å². The molecule has 1 amide bonds. The first-order valence-electron chi connectivity index (χ1n) is 5.09. The molecular weight excluding hydrogens is 164 g/mol. The number of nitrogens with two attached hydrogens (primary N) is 1. The molecule has 3 heteroatoms. The van der Waals surface area contributed by atoms with Gasteiger partial charge < -0.3 is 10.6 Å². The molecule has 2 N–H and O–H groups in total. The van der Waals surface area contributed by atoms with E-state index in [-0.39, 0.29) is 11.9 Å². The van der Waals surface area contributed by atoms with E-state index in [2.05, 4.69) is 6.92 Å². The van der Waals surface area contributed by atoms with E-state index in [1.165, 1.54) is 0 Å². The van der Waals surface area contributed by atoms with Gasteiger partial charge in [0.1, 0.15) is 0 Å². The first-order valence-corrected chi connectivity index (χ1v) is 5.09. The molecular formula is C10H22N2O. The monoisotopic (exact) mass is 186 g/mol. The van der Waals surface area contributed by atoms with Crippen LogP contribution in [0.1, 0.15) is 39.5 Å². The van der Waals surface area contributed by atoms with Crippen molar-refractivity contribution in [3.8, 4) is 0 Å². The fraction of sp³-hybridized carbons (Fsp3) is 0.900. The van der Waals surface area contributed by atoms with Crippen LogP contribution in [0.4, 0.5) is 0 Å². The fourth-order valence-corrected chi connectivity index (χ4v) is 1.19. The lowest BCUT2D eigenvalue weighted by atomic mass is 10.2. The van der Waals surface area contributed by atoms with Crippen molar-refractivity contribution < 1.29 is 4.79 Å². The topological polar surface area (TPSA) is 46.3 Å². The zero-order chi connectivity index (χ0) is 10.3. The number of unbranched alkanes of at least 4 members (excludes halogenated alkanes) is 1. The number of hydrogen-bond acceptors (Lipinski definition) is 2. The van der Waals surface area contributed by atoms with Gasteiger partial charge in [-0.05, 0) is 26.3 Å². The van der Waals surface area contributed by atoms with Gasteiger partial charge in [-0.25, -0.2) is 0 Å². The summed E-state index contributed by atoms with van der Waals surface area (Å²) in [5.41, 5.74) is 5.43. The largest absolute Gasteiger partial charge is 0.343 e. The van der Waals surface area contributed by atoms with Crippen molar-refractivity contribution in [1.82, 2.24) is 4.90 Å². The van der Waals surface area contributed by atoms with Crippen LogP contribution in [0.5, 0.6) is 0 Å². The molecule has 1 unspecified atom stereocenters. The quantitative estimate of drug-likeness (QED) is 0.681. The molecule has 0 bridgehead atoms. The Kier molecular flexibility index (Phi) is 6.59. The maximum absolute atomic E-state index is 11.5. The molecule has 0 aliphatic carbocycles. The summed E-state index contributed by atoms with van der Waals surface area (Å²) in [7, 11) is 1.86. The molecule has 78 valence electrons. The highest BCUT2D eigenvalue weighted by Gasteiger charge is 2.13. The van der Waals surface area contributed by atoms with E-state index in [4.69, 9.17) is 5.73 Å². The van der Waals surface area contributed by atoms with Gasteiger partial charge in [-0.15, -0.1) is 0 Å². The number of rotatable bonds is 6. The van der Waals surface area contributed by atoms with Crippen molar-refractivity contribution in [1.29, 1.82) is 0 Å². The van der Waals surface area contributed by atoms with Crippen LogP contribution in [0.2, 0.25) is 0 Å². The molecule has 0 saturated heterocycles. The number of carbonyl (C=O) groups is 1. The van der Waals surface area contributed by atoms with Gasteiger partial charge in [0, 0.05) is 19.5 Å². The summed E-state index contributed by atoms with van der Waals surface area (Å²) in [6.45, 7) is 4.78. The number of hydrogen-bond donors (Lipinski definition) is 1. The SMILES string of the molecule is CCCCC(=O)N(C)C(C)CCN. The summed E-state index contributed by atoms with van der Waals surface area (Å²) in [6.07, 6.45) is 3.61. The van der Waals surface area contributed by atoms with Gasteiger partial charge in [-0.1, -0.05) is 13.3 Å². The van der Waals surface area contributed by atoms with E-state index in [1.807, 2.05) is 18.9 Å². The second-order valence-corrected chi connectivity index (χ2v) is 3.53. The second-order valence-electron chi connectivity index (χ2n) is 3.53. The van der Waals surface area contributed by atoms with E-state index in [0.717, 1.165) is 19.3 Å². The Morgan fingerprint density at radius 3 is 2.62 bits per heavy atom. The van der Waals surface area contributed by atoms with Crippen molar-refractivity contribution in [2.75, 3.05) is 13.6 Å². The average molecular weight is 186 g/mol. The number of amides is 1. The highest BCUT2D eigenvalue weighted by atomic mass is 16.2. The van der Waals surface area contributed by atoms with Crippen LogP contribution in [0.25, 0.3) is 0 Å². The lowest BCUT2D eigenvalue weighted by Crippen LogP contribution is -2.36. The van der Waals surface area contributed by atoms with E-state index in [0.29, 0.717) is 13.0 Å². The smallest absolute Gasteiger partial charge is 0.222 e. The molecule has 0 radical (unpaired) electrons. The highest BCUT2D eigenvalue weighted by Crippen LogP contribution is 2.04. The second kappa shape index (κ2) is 6.89. The Morgan fingerprint density at radius 1 is 1.54 bits per heavy atom. The Hall–Kier alpha value is -0.570. The lowest BCUT2D eigenvalue weighted by Gasteiger charge is -2.24. The molecule has 0 aromatic heterocycles. The molecule has 0 saturated carbocycles. The van der Waals surface area contributed by atoms with Gasteiger partial charge in [0.15, 0.2) is 0 Å². The third-order valence-corrected chi connectivity index (χ3v) is 2.38. The maximum Gasteiger partial charge on any atom is 0.222 e. The predicted molar refractivity (Wildman–Crippen MR) is 55.4 cm³/mol. The maximum atomic E-state index is 11.5. The molecule has 0 aromatic rings. The van der Waals surface area contributed by atoms with Gasteiger partial charge in [0.05, 0.1) is 0 Å². The van der Waals surface area contributed by atoms with Gasteiger partial charge in [0.25, 0.3) is 0 Å². The summed E-state index contributed by atoms with van der Waals surface area (Å²) in [4.78, 5) is 13.3. The van der Waals surface area contributed by atoms with Gasteiger partial charge in [0.2, 0.25) is 5.91 Å². The molecule has 3 nitrogen and oxygen atoms in total. The third-order valence-electron chi connectivity index (χ3n) is 2.38. The number of nitrogens with zero attached hydrogens (tertiary/aromatic N) is 1. The Balaban J connectivity index is 3.79. The summed E-state index contributed by atoms with van der Waals surface area (Å²) in [6, 6.07) is 0.273. The van der Waals surface area contributed by atoms with Crippen LogP contribution >= 0.6 is 0 Å². The van der Waals surface area contributed by atoms with Gasteiger partial charge >= 0.3 is 0 Å². The van der Waals surface area contributed by atoms with Crippen LogP contribution < -0.4 is 5.73 Å². The first kappa shape index (κ1) is 12.4. The zero-order valence-electron chi connectivity index (χ0n) is 9.05. The summed E-state index contributed by atoms with van der Waals surface area (Å²) >= 11 is 0. The third kappa shape index (κ3) is 4.88. The van der Waals surface area contributed by atoms with E-state index >= 15 is 0 Å². The molecule has 0 heterocycles. The predicted octanol–water partition coefficient (Wildman–Crippen LogP) is 1.37. The fourth-order valence-electron chi connectivity index (χ4n) is 1.19. The van der Waals surface area contributed by atoms with Crippen LogP contribution in [-0.2, 0) is 4.79 Å². The van der Waals surface area contributed by atoms with Gasteiger partial charge in [-0.3, -0.25) is 4.79 Å². The highest BCUT2D eigenvalue weighted by molar-refractivity contribution is 5.76. The molecule has 0 rings (SSSR count). The standard InChI is InChI=1S/C10H22N2O/c1-4-5-6-10(13)12(3)9(2)7-8-11/h9H,4-8,11H2,1-3H3. The van der Waals surface area contributed by atoms with Crippen LogP contribution in [0.15, 0.2) is 0 Å². The Morgan fingerprint density at radius 2 is 2.15 bits per heavy atom. The molecule has 1 atom stereocenters. The van der Waals surface area contributed by atoms with E-state index in [9.17, 15) is 4.79 Å². The molecule has 0 aromatic carbocycles. The minimum Gasteiger partial charge on any atom is -0.343 e. The van der Waals surface area contributed by atoms with Gasteiger partial charge in [-0.2, -0.15) is 0 Å². The van der Waals surface area contributed by atoms with Crippen molar-refractivity contribution in [3.05, 3.63) is 0 Å². The molecule has 0 aliphatic heterocycles. The van der Waals surface area contributed by atoms with Crippen LogP contribution in [0.3, 0.4) is 0 Å². The van der Waals surface area contributed by atoms with E-state index < -0.39 is 0 Å². The minimum absolute atomic E-state index is 0.239. The average Bonchev–Trinajstić information content (AvgIpc) is 2.13. The van der Waals surface area contributed by atoms with Crippen molar-refractivity contribution in [2.24, 2.45) is 5.73 Å². The summed E-state index contributed by atoms with van der Waals surface area (Å²) in [5, 5.41) is 0. The summed E-state index contributed by atoms with van der Waals surface area (Å²) < 4.78 is 0. The van der Waals surface area contributed by atoms with Crippen LogP contribution in [-0.4, -0.2) is 30.4 Å². The van der Waals surface area contributed by atoms with E-state index in [1.54, 1.807) is 0 Å². The Labute approximate surface area is 81.3 Å².